The number of para-hydroxylation sites is 2. The maximum absolute atomic E-state index is 2.36. The van der Waals surface area contributed by atoms with Gasteiger partial charge in [0.15, 0.2) is 0 Å². The van der Waals surface area contributed by atoms with Gasteiger partial charge in [0.1, 0.15) is 0 Å². The van der Waals surface area contributed by atoms with Crippen LogP contribution in [0.2, 0.25) is 0 Å². The van der Waals surface area contributed by atoms with Gasteiger partial charge in [-0.2, -0.15) is 0 Å². The van der Waals surface area contributed by atoms with E-state index in [0.29, 0.717) is 0 Å². The van der Waals surface area contributed by atoms with Crippen LogP contribution < -0.4 is 0 Å². The lowest BCUT2D eigenvalue weighted by atomic mass is 9.82. The van der Waals surface area contributed by atoms with E-state index in [0.717, 1.165) is 0 Å². The van der Waals surface area contributed by atoms with E-state index in [1.807, 2.05) is 11.3 Å². The Hall–Kier alpha value is -6.48. The molecular formula is C59H51NS. The Labute approximate surface area is 364 Å². The first-order valence-corrected chi connectivity index (χ1v) is 22.3. The van der Waals surface area contributed by atoms with E-state index in [1.54, 1.807) is 0 Å². The van der Waals surface area contributed by atoms with Gasteiger partial charge < -0.3 is 4.57 Å². The number of fused-ring (bicyclic) bond motifs is 11. The third-order valence-electron chi connectivity index (χ3n) is 13.1. The van der Waals surface area contributed by atoms with Crippen LogP contribution in [0.1, 0.15) is 66.0 Å². The fourth-order valence-corrected chi connectivity index (χ4v) is 11.2. The van der Waals surface area contributed by atoms with Gasteiger partial charge >= 0.3 is 0 Å². The molecule has 0 amide bonds. The molecular weight excluding hydrogens is 755 g/mol. The van der Waals surface area contributed by atoms with Gasteiger partial charge in [-0.3, -0.25) is 0 Å². The van der Waals surface area contributed by atoms with Crippen molar-refractivity contribution in [3.05, 3.63) is 220 Å². The Morgan fingerprint density at radius 1 is 0.393 bits per heavy atom. The van der Waals surface area contributed by atoms with Crippen LogP contribution in [0.25, 0.3) is 71.0 Å². The number of aryl methyl sites for hydroxylation is 3. The number of benzene rings is 8. The Kier molecular flexibility index (Phi) is 9.46. The van der Waals surface area contributed by atoms with Crippen LogP contribution in [0, 0.1) is 20.8 Å². The Morgan fingerprint density at radius 2 is 0.951 bits per heavy atom. The minimum absolute atomic E-state index is 0.139. The first-order valence-electron chi connectivity index (χ1n) is 21.5. The molecule has 298 valence electrons. The second-order valence-corrected chi connectivity index (χ2v) is 19.0. The molecule has 2 aliphatic rings. The van der Waals surface area contributed by atoms with Crippen LogP contribution in [0.15, 0.2) is 182 Å². The van der Waals surface area contributed by atoms with Gasteiger partial charge in [0, 0.05) is 47.8 Å². The van der Waals surface area contributed by atoms with Crippen LogP contribution >= 0.6 is 11.3 Å². The maximum Gasteiger partial charge on any atom is 0.0541 e. The van der Waals surface area contributed by atoms with Gasteiger partial charge in [-0.25, -0.2) is 0 Å². The number of rotatable bonds is 2. The lowest BCUT2D eigenvalue weighted by Crippen LogP contribution is -2.14. The number of thiophene rings is 1. The number of hydrogen-bond acceptors (Lipinski definition) is 1. The Balaban J connectivity index is 0.000000113. The lowest BCUT2D eigenvalue weighted by molar-refractivity contribution is 0.660. The van der Waals surface area contributed by atoms with Crippen LogP contribution in [0.5, 0.6) is 0 Å². The zero-order valence-corrected chi connectivity index (χ0v) is 37.0. The third kappa shape index (κ3) is 6.53. The van der Waals surface area contributed by atoms with Crippen molar-refractivity contribution in [2.45, 2.75) is 59.3 Å². The summed E-state index contributed by atoms with van der Waals surface area (Å²) in [5, 5.41) is 4.00. The average Bonchev–Trinajstić information content (AvgIpc) is 3.96. The second kappa shape index (κ2) is 14.9. The standard InChI is InChI=1S/C25H19N.C18H16S.C16H16/c1-18-11-13-19(14-12-18)20-15-16-25-23(17-20)22-9-5-6-10-24(22)26(25)21-7-3-2-4-8-21;1-11-8-9-12-14(10-11)18(2,3)17-16(12)13-6-4-5-7-15(13)19-17;1-11-8-9-13-12-6-4-5-7-14(12)16(2,3)15(13)10-11/h2-17H,1H3;4-10H,1-3H3;4-10H,1-3H3. The molecule has 2 heteroatoms. The minimum Gasteiger partial charge on any atom is -0.309 e. The molecule has 1 nitrogen and oxygen atoms in total. The zero-order chi connectivity index (χ0) is 42.0. The summed E-state index contributed by atoms with van der Waals surface area (Å²) in [6.45, 7) is 15.8. The van der Waals surface area contributed by atoms with Gasteiger partial charge in [-0.1, -0.05) is 190 Å². The van der Waals surface area contributed by atoms with E-state index in [1.165, 1.54) is 109 Å². The summed E-state index contributed by atoms with van der Waals surface area (Å²) in [6.07, 6.45) is 0. The molecule has 0 atom stereocenters. The first kappa shape index (κ1) is 38.7. The molecule has 61 heavy (non-hydrogen) atoms. The Morgan fingerprint density at radius 3 is 1.70 bits per heavy atom. The summed E-state index contributed by atoms with van der Waals surface area (Å²) in [5.74, 6) is 0. The molecule has 0 aliphatic heterocycles. The highest BCUT2D eigenvalue weighted by Gasteiger charge is 2.38. The van der Waals surface area contributed by atoms with Crippen molar-refractivity contribution in [3.8, 4) is 39.1 Å². The van der Waals surface area contributed by atoms with Gasteiger partial charge in [-0.05, 0) is 102 Å². The van der Waals surface area contributed by atoms with Gasteiger partial charge in [0.05, 0.1) is 11.0 Å². The van der Waals surface area contributed by atoms with Gasteiger partial charge in [-0.15, -0.1) is 11.3 Å². The molecule has 10 aromatic rings. The molecule has 0 fully saturated rings. The van der Waals surface area contributed by atoms with E-state index in [-0.39, 0.29) is 10.8 Å². The molecule has 0 spiro atoms. The smallest absolute Gasteiger partial charge is 0.0541 e. The predicted octanol–water partition coefficient (Wildman–Crippen LogP) is 16.6. The van der Waals surface area contributed by atoms with Crippen LogP contribution in [-0.2, 0) is 10.8 Å². The molecule has 0 saturated heterocycles. The van der Waals surface area contributed by atoms with E-state index < -0.39 is 0 Å². The summed E-state index contributed by atoms with van der Waals surface area (Å²) in [4.78, 5) is 1.52. The molecule has 0 bridgehead atoms. The molecule has 12 rings (SSSR count). The first-order chi connectivity index (χ1) is 29.5. The van der Waals surface area contributed by atoms with E-state index >= 15 is 0 Å². The molecule has 0 saturated carbocycles. The zero-order valence-electron chi connectivity index (χ0n) is 36.2. The number of nitrogens with zero attached hydrogens (tertiary/aromatic N) is 1. The van der Waals surface area contributed by atoms with E-state index in [2.05, 4.69) is 235 Å². The summed E-state index contributed by atoms with van der Waals surface area (Å²) in [7, 11) is 0. The van der Waals surface area contributed by atoms with Crippen LogP contribution in [-0.4, -0.2) is 4.57 Å². The van der Waals surface area contributed by atoms with Gasteiger partial charge in [0.2, 0.25) is 0 Å². The normalized spacial score (nSPS) is 13.8. The fourth-order valence-electron chi connectivity index (χ4n) is 9.84. The topological polar surface area (TPSA) is 4.93 Å². The summed E-state index contributed by atoms with van der Waals surface area (Å²) < 4.78 is 3.76. The SMILES string of the molecule is Cc1ccc(-c2ccc3c(c2)c2ccccc2n3-c2ccccc2)cc1.Cc1ccc2c(c1)C(C)(C)c1ccccc1-2.Cc1ccc2c(c1)C(C)(C)c1sc3ccccc3c1-2. The monoisotopic (exact) mass is 805 g/mol. The quantitative estimate of drug-likeness (QED) is 0.164. The second-order valence-electron chi connectivity index (χ2n) is 18.0. The highest BCUT2D eigenvalue weighted by Crippen LogP contribution is 2.55. The minimum atomic E-state index is 0.139. The summed E-state index contributed by atoms with van der Waals surface area (Å²) in [6, 6.07) is 66.0. The largest absolute Gasteiger partial charge is 0.309 e. The van der Waals surface area contributed by atoms with Gasteiger partial charge in [0.25, 0.3) is 0 Å². The maximum atomic E-state index is 2.36. The van der Waals surface area contributed by atoms with E-state index in [4.69, 9.17) is 0 Å². The molecule has 0 radical (unpaired) electrons. The average molecular weight is 806 g/mol. The third-order valence-corrected chi connectivity index (χ3v) is 14.6. The predicted molar refractivity (Wildman–Crippen MR) is 264 cm³/mol. The highest BCUT2D eigenvalue weighted by atomic mass is 32.1. The van der Waals surface area contributed by atoms with Crippen LogP contribution in [0.4, 0.5) is 0 Å². The number of aromatic nitrogens is 1. The van der Waals surface area contributed by atoms with Crippen molar-refractivity contribution in [2.75, 3.05) is 0 Å². The summed E-state index contributed by atoms with van der Waals surface area (Å²) in [5.41, 5.74) is 20.6. The Bertz CT molecular complexity index is 3260. The van der Waals surface area contributed by atoms with Crippen molar-refractivity contribution in [1.82, 2.24) is 4.57 Å². The van der Waals surface area contributed by atoms with Crippen molar-refractivity contribution < 1.29 is 0 Å². The van der Waals surface area contributed by atoms with Crippen molar-refractivity contribution in [3.63, 3.8) is 0 Å². The molecule has 8 aromatic carbocycles. The molecule has 0 unspecified atom stereocenters. The molecule has 0 N–H and O–H groups in total. The van der Waals surface area contributed by atoms with Crippen molar-refractivity contribution in [2.24, 2.45) is 0 Å². The number of hydrogen-bond donors (Lipinski definition) is 0. The fraction of sp³-hybridized carbons (Fsp3) is 0.153. The highest BCUT2D eigenvalue weighted by molar-refractivity contribution is 7.20. The van der Waals surface area contributed by atoms with E-state index in [9.17, 15) is 0 Å². The molecule has 2 heterocycles. The lowest BCUT2D eigenvalue weighted by Gasteiger charge is -2.21. The molecule has 2 aromatic heterocycles. The van der Waals surface area contributed by atoms with Crippen LogP contribution in [0.3, 0.4) is 0 Å². The van der Waals surface area contributed by atoms with Crippen molar-refractivity contribution in [1.29, 1.82) is 0 Å². The molecule has 2 aliphatic carbocycles. The van der Waals surface area contributed by atoms with Crippen molar-refractivity contribution >= 4 is 43.2 Å². The summed E-state index contributed by atoms with van der Waals surface area (Å²) >= 11 is 1.96.